The van der Waals surface area contributed by atoms with Crippen molar-refractivity contribution in [2.24, 2.45) is 0 Å². The van der Waals surface area contributed by atoms with Gasteiger partial charge in [-0.05, 0) is 58.5 Å². The number of nitrogens with zero attached hydrogens (tertiary/aromatic N) is 2. The Labute approximate surface area is 156 Å². The third kappa shape index (κ3) is 3.33. The number of aromatic nitrogens is 2. The van der Waals surface area contributed by atoms with Gasteiger partial charge in [-0.3, -0.25) is 9.20 Å². The number of halogens is 1. The van der Waals surface area contributed by atoms with Crippen LogP contribution in [0.25, 0.3) is 5.65 Å². The van der Waals surface area contributed by atoms with E-state index in [4.69, 9.17) is 0 Å². The smallest absolute Gasteiger partial charge is 0.274 e. The van der Waals surface area contributed by atoms with Crippen LogP contribution in [0.3, 0.4) is 0 Å². The Balaban J connectivity index is 2.09. The van der Waals surface area contributed by atoms with Crippen molar-refractivity contribution in [1.82, 2.24) is 9.38 Å². The molecule has 25 heavy (non-hydrogen) atoms. The van der Waals surface area contributed by atoms with Crippen LogP contribution < -0.4 is 5.32 Å². The molecule has 0 aliphatic carbocycles. The van der Waals surface area contributed by atoms with Gasteiger partial charge in [0.05, 0.1) is 5.69 Å². The lowest BCUT2D eigenvalue weighted by molar-refractivity contribution is 0.102. The molecule has 0 atom stereocenters. The van der Waals surface area contributed by atoms with Crippen molar-refractivity contribution >= 4 is 33.2 Å². The van der Waals surface area contributed by atoms with Gasteiger partial charge in [0.1, 0.15) is 11.3 Å². The van der Waals surface area contributed by atoms with E-state index in [0.717, 1.165) is 32.6 Å². The van der Waals surface area contributed by atoms with E-state index in [-0.39, 0.29) is 5.91 Å². The van der Waals surface area contributed by atoms with Gasteiger partial charge >= 0.3 is 0 Å². The highest BCUT2D eigenvalue weighted by Gasteiger charge is 2.20. The van der Waals surface area contributed by atoms with Crippen LogP contribution in [0, 0.1) is 6.92 Å². The summed E-state index contributed by atoms with van der Waals surface area (Å²) in [5, 5.41) is 3.08. The number of imidazole rings is 1. The molecule has 1 N–H and O–H groups in total. The zero-order valence-corrected chi connectivity index (χ0v) is 16.5. The number of para-hydroxylation sites is 1. The zero-order chi connectivity index (χ0) is 18.1. The predicted molar refractivity (Wildman–Crippen MR) is 105 cm³/mol. The number of fused-ring (bicyclic) bond motifs is 1. The summed E-state index contributed by atoms with van der Waals surface area (Å²) in [5.41, 5.74) is 5.24. The number of hydrogen-bond donors (Lipinski definition) is 1. The van der Waals surface area contributed by atoms with Crippen molar-refractivity contribution in [1.29, 1.82) is 0 Å². The van der Waals surface area contributed by atoms with E-state index in [1.807, 2.05) is 48.7 Å². The molecule has 0 bridgehead atoms. The summed E-state index contributed by atoms with van der Waals surface area (Å²) < 4.78 is 2.81. The Bertz CT molecular complexity index is 944. The molecule has 2 aromatic heterocycles. The molecule has 4 nitrogen and oxygen atoms in total. The summed E-state index contributed by atoms with van der Waals surface area (Å²) in [6.45, 7) is 8.27. The molecule has 0 saturated carbocycles. The van der Waals surface area contributed by atoms with E-state index in [9.17, 15) is 4.79 Å². The minimum Gasteiger partial charge on any atom is -0.320 e. The lowest BCUT2D eigenvalue weighted by atomic mass is 10.0. The van der Waals surface area contributed by atoms with Crippen LogP contribution in [0.5, 0.6) is 0 Å². The molecule has 130 valence electrons. The van der Waals surface area contributed by atoms with Crippen molar-refractivity contribution < 1.29 is 4.79 Å². The maximum absolute atomic E-state index is 13.1. The van der Waals surface area contributed by atoms with E-state index >= 15 is 0 Å². The third-order valence-corrected chi connectivity index (χ3v) is 4.76. The Morgan fingerprint density at radius 3 is 2.72 bits per heavy atom. The normalized spacial score (nSPS) is 11.3. The largest absolute Gasteiger partial charge is 0.320 e. The van der Waals surface area contributed by atoms with Gasteiger partial charge in [0.2, 0.25) is 0 Å². The Morgan fingerprint density at radius 2 is 2.04 bits per heavy atom. The molecule has 3 rings (SSSR count). The summed E-state index contributed by atoms with van der Waals surface area (Å²) in [6, 6.07) is 9.95. The molecule has 1 aromatic carbocycles. The number of carbonyl (C=O) groups is 1. The molecule has 0 aliphatic heterocycles. The minimum atomic E-state index is -0.130. The molecule has 0 unspecified atom stereocenters. The highest BCUT2D eigenvalue weighted by Crippen LogP contribution is 2.26. The maximum atomic E-state index is 13.1. The van der Waals surface area contributed by atoms with Gasteiger partial charge in [-0.25, -0.2) is 4.98 Å². The van der Waals surface area contributed by atoms with E-state index in [2.05, 4.69) is 46.1 Å². The molecule has 0 radical (unpaired) electrons. The van der Waals surface area contributed by atoms with Gasteiger partial charge in [-0.2, -0.15) is 0 Å². The molecule has 0 saturated heterocycles. The number of pyridine rings is 1. The van der Waals surface area contributed by atoms with Crippen LogP contribution in [0.4, 0.5) is 5.69 Å². The number of rotatable bonds is 4. The second kappa shape index (κ2) is 7.00. The van der Waals surface area contributed by atoms with E-state index < -0.39 is 0 Å². The lowest BCUT2D eigenvalue weighted by Gasteiger charge is -2.14. The van der Waals surface area contributed by atoms with Crippen LogP contribution >= 0.6 is 15.9 Å². The summed E-state index contributed by atoms with van der Waals surface area (Å²) in [4.78, 5) is 17.8. The number of aryl methyl sites for hydroxylation is 2. The topological polar surface area (TPSA) is 46.4 Å². The summed E-state index contributed by atoms with van der Waals surface area (Å²) in [6.07, 6.45) is 2.60. The third-order valence-electron chi connectivity index (χ3n) is 4.32. The van der Waals surface area contributed by atoms with E-state index in [1.54, 1.807) is 0 Å². The molecule has 0 fully saturated rings. The standard InChI is InChI=1S/C20H22BrN3O/c1-5-16-18(24-11-14(21)10-13(4)19(24)22-16)20(25)23-17-9-7-6-8-15(17)12(2)3/h6-12H,5H2,1-4H3,(H,23,25). The van der Waals surface area contributed by atoms with E-state index in [0.29, 0.717) is 18.0 Å². The molecule has 0 spiro atoms. The first-order valence-corrected chi connectivity index (χ1v) is 9.29. The number of anilines is 1. The molecular formula is C20H22BrN3O. The molecule has 3 aromatic rings. The van der Waals surface area contributed by atoms with Crippen LogP contribution in [0.15, 0.2) is 41.0 Å². The predicted octanol–water partition coefficient (Wildman–Crippen LogP) is 5.34. The van der Waals surface area contributed by atoms with Crippen molar-refractivity contribution in [3.63, 3.8) is 0 Å². The fourth-order valence-corrected chi connectivity index (χ4v) is 3.65. The van der Waals surface area contributed by atoms with E-state index in [1.165, 1.54) is 0 Å². The second-order valence-electron chi connectivity index (χ2n) is 6.49. The van der Waals surface area contributed by atoms with Crippen molar-refractivity contribution in [3.8, 4) is 0 Å². The minimum absolute atomic E-state index is 0.130. The maximum Gasteiger partial charge on any atom is 0.274 e. The van der Waals surface area contributed by atoms with Gasteiger partial charge in [-0.1, -0.05) is 39.0 Å². The van der Waals surface area contributed by atoms with Crippen LogP contribution in [0.1, 0.15) is 54.0 Å². The molecule has 5 heteroatoms. The molecule has 0 aliphatic rings. The van der Waals surface area contributed by atoms with Crippen molar-refractivity contribution in [3.05, 3.63) is 63.5 Å². The fourth-order valence-electron chi connectivity index (χ4n) is 3.10. The Kier molecular flexibility index (Phi) is 4.95. The van der Waals surface area contributed by atoms with Gasteiger partial charge < -0.3 is 5.32 Å². The van der Waals surface area contributed by atoms with Gasteiger partial charge in [0, 0.05) is 16.4 Å². The van der Waals surface area contributed by atoms with Crippen LogP contribution in [-0.4, -0.2) is 15.3 Å². The van der Waals surface area contributed by atoms with Crippen molar-refractivity contribution in [2.75, 3.05) is 5.32 Å². The first kappa shape index (κ1) is 17.7. The Hall–Kier alpha value is -2.14. The SMILES string of the molecule is CCc1nc2c(C)cc(Br)cn2c1C(=O)Nc1ccccc1C(C)C. The van der Waals surface area contributed by atoms with Crippen LogP contribution in [-0.2, 0) is 6.42 Å². The van der Waals surface area contributed by atoms with Gasteiger partial charge in [0.15, 0.2) is 0 Å². The Morgan fingerprint density at radius 1 is 1.32 bits per heavy atom. The van der Waals surface area contributed by atoms with Crippen LogP contribution in [0.2, 0.25) is 0 Å². The van der Waals surface area contributed by atoms with Gasteiger partial charge in [-0.15, -0.1) is 0 Å². The second-order valence-corrected chi connectivity index (χ2v) is 7.41. The lowest BCUT2D eigenvalue weighted by Crippen LogP contribution is -2.17. The summed E-state index contributed by atoms with van der Waals surface area (Å²) in [7, 11) is 0. The molecular weight excluding hydrogens is 378 g/mol. The fraction of sp³-hybridized carbons (Fsp3) is 0.300. The van der Waals surface area contributed by atoms with Crippen molar-refractivity contribution in [2.45, 2.75) is 40.0 Å². The number of amides is 1. The quantitative estimate of drug-likeness (QED) is 0.642. The number of benzene rings is 1. The highest BCUT2D eigenvalue weighted by atomic mass is 79.9. The molecule has 2 heterocycles. The summed E-state index contributed by atoms with van der Waals surface area (Å²) in [5.74, 6) is 0.204. The molecule has 1 amide bonds. The number of carbonyl (C=O) groups excluding carboxylic acids is 1. The average molecular weight is 400 g/mol. The highest BCUT2D eigenvalue weighted by molar-refractivity contribution is 9.10. The monoisotopic (exact) mass is 399 g/mol. The first-order chi connectivity index (χ1) is 11.9. The first-order valence-electron chi connectivity index (χ1n) is 8.49. The number of nitrogens with one attached hydrogen (secondary N) is 1. The zero-order valence-electron chi connectivity index (χ0n) is 14.9. The number of hydrogen-bond acceptors (Lipinski definition) is 2. The average Bonchev–Trinajstić information content (AvgIpc) is 2.94. The van der Waals surface area contributed by atoms with Gasteiger partial charge in [0.25, 0.3) is 5.91 Å². The summed E-state index contributed by atoms with van der Waals surface area (Å²) >= 11 is 3.51.